The van der Waals surface area contributed by atoms with E-state index < -0.39 is 18.8 Å². The van der Waals surface area contributed by atoms with Crippen LogP contribution >= 0.6 is 0 Å². The Morgan fingerprint density at radius 1 is 0.897 bits per heavy atom. The fraction of sp³-hybridized carbons (Fsp3) is 0.333. The number of hydrogen-bond acceptors (Lipinski definition) is 7. The molecule has 0 aromatic heterocycles. The molecule has 0 radical (unpaired) electrons. The number of carbonyl (C=O) groups excluding carboxylic acids is 2. The molecule has 0 aliphatic rings. The molecule has 0 heterocycles. The average Bonchev–Trinajstić information content (AvgIpc) is 2.92. The third kappa shape index (κ3) is 8.56. The highest BCUT2D eigenvalue weighted by atomic mass is 16.7. The summed E-state index contributed by atoms with van der Waals surface area (Å²) in [6.07, 6.45) is 0.434. The van der Waals surface area contributed by atoms with Crippen LogP contribution in [0.4, 0.5) is 5.69 Å². The van der Waals surface area contributed by atoms with Crippen LogP contribution in [-0.4, -0.2) is 37.3 Å². The Labute approximate surface area is 229 Å². The standard InChI is InChI=1S/C30H36N4O5/c1-21(2)34(23-11-6-4-7-12-23)30(36)25-15-10-16-26(29(25)37-20-27(31)35)39-28(18-17-22(3)19-33-32)38-24-13-8-5-9-14-24/h4-16,21-22,28,32H,17-20H2,1-3H3,(H2,31,35). The Morgan fingerprint density at radius 2 is 1.56 bits per heavy atom. The van der Waals surface area contributed by atoms with Gasteiger partial charge in [-0.1, -0.05) is 49.4 Å². The van der Waals surface area contributed by atoms with Crippen LogP contribution in [0, 0.1) is 11.4 Å². The highest BCUT2D eigenvalue weighted by Crippen LogP contribution is 2.35. The van der Waals surface area contributed by atoms with Gasteiger partial charge < -0.3 is 24.8 Å². The van der Waals surface area contributed by atoms with E-state index >= 15 is 0 Å². The highest BCUT2D eigenvalue weighted by Gasteiger charge is 2.27. The van der Waals surface area contributed by atoms with Crippen LogP contribution in [0.1, 0.15) is 44.0 Å². The number of carbonyl (C=O) groups is 2. The summed E-state index contributed by atoms with van der Waals surface area (Å²) >= 11 is 0. The second-order valence-electron chi connectivity index (χ2n) is 9.49. The molecule has 9 heteroatoms. The molecule has 39 heavy (non-hydrogen) atoms. The summed E-state index contributed by atoms with van der Waals surface area (Å²) in [7, 11) is 0. The third-order valence-corrected chi connectivity index (χ3v) is 5.90. The largest absolute Gasteiger partial charge is 0.479 e. The van der Waals surface area contributed by atoms with Crippen molar-refractivity contribution < 1.29 is 23.8 Å². The van der Waals surface area contributed by atoms with E-state index in [2.05, 4.69) is 5.11 Å². The first kappa shape index (κ1) is 29.2. The number of benzene rings is 3. The number of nitrogens with two attached hydrogens (primary N) is 1. The predicted molar refractivity (Wildman–Crippen MR) is 149 cm³/mol. The van der Waals surface area contributed by atoms with E-state index in [9.17, 15) is 9.59 Å². The third-order valence-electron chi connectivity index (χ3n) is 5.90. The first-order valence-electron chi connectivity index (χ1n) is 12.9. The SMILES string of the molecule is CC(CCC(Oc1ccccc1)Oc1cccc(C(=O)N(c2ccccc2)C(C)C)c1OCC(N)=O)CN=N. The zero-order valence-corrected chi connectivity index (χ0v) is 22.6. The van der Waals surface area contributed by atoms with Crippen molar-refractivity contribution in [1.82, 2.24) is 0 Å². The van der Waals surface area contributed by atoms with Gasteiger partial charge in [0.15, 0.2) is 18.1 Å². The van der Waals surface area contributed by atoms with Crippen LogP contribution in [0.5, 0.6) is 17.2 Å². The summed E-state index contributed by atoms with van der Waals surface area (Å²) < 4.78 is 18.2. The van der Waals surface area contributed by atoms with Crippen molar-refractivity contribution in [1.29, 1.82) is 5.53 Å². The maximum Gasteiger partial charge on any atom is 0.262 e. The van der Waals surface area contributed by atoms with Crippen LogP contribution in [-0.2, 0) is 4.79 Å². The van der Waals surface area contributed by atoms with Gasteiger partial charge in [0.25, 0.3) is 11.8 Å². The zero-order chi connectivity index (χ0) is 28.2. The van der Waals surface area contributed by atoms with Crippen molar-refractivity contribution in [2.24, 2.45) is 16.8 Å². The van der Waals surface area contributed by atoms with Crippen LogP contribution in [0.25, 0.3) is 0 Å². The molecule has 0 spiro atoms. The fourth-order valence-electron chi connectivity index (χ4n) is 4.04. The molecular formula is C30H36N4O5. The molecule has 3 aromatic carbocycles. The lowest BCUT2D eigenvalue weighted by Crippen LogP contribution is -2.37. The van der Waals surface area contributed by atoms with Crippen LogP contribution < -0.4 is 24.8 Å². The molecule has 0 saturated heterocycles. The molecule has 2 amide bonds. The van der Waals surface area contributed by atoms with E-state index in [1.54, 1.807) is 23.1 Å². The molecule has 0 aliphatic heterocycles. The lowest BCUT2D eigenvalue weighted by atomic mass is 10.1. The average molecular weight is 533 g/mol. The maximum atomic E-state index is 13.9. The predicted octanol–water partition coefficient (Wildman–Crippen LogP) is 5.84. The first-order valence-corrected chi connectivity index (χ1v) is 12.9. The topological polar surface area (TPSA) is 127 Å². The molecule has 3 N–H and O–H groups in total. The van der Waals surface area contributed by atoms with Gasteiger partial charge in [-0.2, -0.15) is 5.11 Å². The molecule has 0 bridgehead atoms. The van der Waals surface area contributed by atoms with E-state index in [1.165, 1.54) is 0 Å². The minimum Gasteiger partial charge on any atom is -0.479 e. The van der Waals surface area contributed by atoms with Crippen molar-refractivity contribution in [3.05, 3.63) is 84.4 Å². The zero-order valence-electron chi connectivity index (χ0n) is 22.6. The Hall–Kier alpha value is -4.40. The minimum absolute atomic E-state index is 0.110. The van der Waals surface area contributed by atoms with Crippen LogP contribution in [0.2, 0.25) is 0 Å². The molecule has 3 aromatic rings. The van der Waals surface area contributed by atoms with Gasteiger partial charge in [-0.05, 0) is 62.6 Å². The number of amides is 2. The number of rotatable bonds is 15. The Bertz CT molecular complexity index is 1220. The van der Waals surface area contributed by atoms with E-state index in [0.717, 1.165) is 5.69 Å². The molecule has 206 valence electrons. The number of ether oxygens (including phenoxy) is 3. The number of nitrogens with one attached hydrogen (secondary N) is 1. The van der Waals surface area contributed by atoms with Crippen molar-refractivity contribution in [3.63, 3.8) is 0 Å². The van der Waals surface area contributed by atoms with Crippen molar-refractivity contribution in [3.8, 4) is 17.2 Å². The number of hydrogen-bond donors (Lipinski definition) is 2. The monoisotopic (exact) mass is 532 g/mol. The number of primary amides is 1. The Balaban J connectivity index is 1.98. The first-order chi connectivity index (χ1) is 18.8. The Kier molecular flexibility index (Phi) is 10.9. The van der Waals surface area contributed by atoms with E-state index in [0.29, 0.717) is 25.1 Å². The second-order valence-corrected chi connectivity index (χ2v) is 9.49. The van der Waals surface area contributed by atoms with Gasteiger partial charge >= 0.3 is 0 Å². The molecule has 0 saturated carbocycles. The molecule has 3 rings (SSSR count). The molecule has 0 fully saturated rings. The van der Waals surface area contributed by atoms with Gasteiger partial charge in [0.05, 0.1) is 12.1 Å². The smallest absolute Gasteiger partial charge is 0.262 e. The van der Waals surface area contributed by atoms with Gasteiger partial charge in [0, 0.05) is 18.2 Å². The van der Waals surface area contributed by atoms with E-state index in [-0.39, 0.29) is 34.9 Å². The number of anilines is 1. The van der Waals surface area contributed by atoms with Crippen LogP contribution in [0.15, 0.2) is 84.0 Å². The quantitative estimate of drug-likeness (QED) is 0.188. The molecule has 9 nitrogen and oxygen atoms in total. The minimum atomic E-state index is -0.739. The van der Waals surface area contributed by atoms with Crippen molar-refractivity contribution >= 4 is 17.5 Å². The van der Waals surface area contributed by atoms with Gasteiger partial charge in [-0.3, -0.25) is 9.59 Å². The molecule has 2 unspecified atom stereocenters. The van der Waals surface area contributed by atoms with Crippen molar-refractivity contribution in [2.75, 3.05) is 18.1 Å². The lowest BCUT2D eigenvalue weighted by molar-refractivity contribution is -0.120. The summed E-state index contributed by atoms with van der Waals surface area (Å²) in [5, 5.41) is 3.49. The molecule has 2 atom stereocenters. The Morgan fingerprint density at radius 3 is 2.18 bits per heavy atom. The van der Waals surface area contributed by atoms with Crippen molar-refractivity contribution in [2.45, 2.75) is 45.9 Å². The number of nitrogens with zero attached hydrogens (tertiary/aromatic N) is 2. The summed E-state index contributed by atoms with van der Waals surface area (Å²) in [5.41, 5.74) is 13.5. The highest BCUT2D eigenvalue weighted by molar-refractivity contribution is 6.08. The van der Waals surface area contributed by atoms with Gasteiger partial charge in [0.2, 0.25) is 6.29 Å². The van der Waals surface area contributed by atoms with E-state index in [4.69, 9.17) is 25.5 Å². The van der Waals surface area contributed by atoms with Gasteiger partial charge in [-0.15, -0.1) is 0 Å². The molecule has 0 aliphatic carbocycles. The maximum absolute atomic E-state index is 13.9. The van der Waals surface area contributed by atoms with E-state index in [1.807, 2.05) is 81.4 Å². The summed E-state index contributed by atoms with van der Waals surface area (Å²) in [4.78, 5) is 27.2. The summed E-state index contributed by atoms with van der Waals surface area (Å²) in [6.45, 7) is 5.81. The summed E-state index contributed by atoms with van der Waals surface area (Å²) in [5.74, 6) is 0.125. The number of para-hydroxylation sites is 3. The van der Waals surface area contributed by atoms with Gasteiger partial charge in [0.1, 0.15) is 5.75 Å². The fourth-order valence-corrected chi connectivity index (χ4v) is 4.04. The summed E-state index contributed by atoms with van der Waals surface area (Å²) in [6, 6.07) is 23.4. The van der Waals surface area contributed by atoms with Gasteiger partial charge in [-0.25, -0.2) is 5.53 Å². The molecular weight excluding hydrogens is 496 g/mol. The van der Waals surface area contributed by atoms with Crippen LogP contribution in [0.3, 0.4) is 0 Å². The second kappa shape index (κ2) is 14.5. The lowest BCUT2D eigenvalue weighted by Gasteiger charge is -2.28. The normalized spacial score (nSPS) is 12.3.